The van der Waals surface area contributed by atoms with Crippen LogP contribution in [0.15, 0.2) is 30.5 Å². The number of hydrogen-bond acceptors (Lipinski definition) is 6. The molecule has 0 unspecified atom stereocenters. The van der Waals surface area contributed by atoms with E-state index < -0.39 is 0 Å². The van der Waals surface area contributed by atoms with Crippen molar-refractivity contribution in [2.24, 2.45) is 0 Å². The van der Waals surface area contributed by atoms with E-state index in [2.05, 4.69) is 9.88 Å². The molecule has 1 aliphatic heterocycles. The van der Waals surface area contributed by atoms with Crippen LogP contribution in [0.4, 0.5) is 5.13 Å². The fourth-order valence-electron chi connectivity index (χ4n) is 2.84. The van der Waals surface area contributed by atoms with E-state index in [0.717, 1.165) is 44.0 Å². The molecule has 0 saturated carbocycles. The highest BCUT2D eigenvalue weighted by molar-refractivity contribution is 7.15. The van der Waals surface area contributed by atoms with E-state index in [1.807, 2.05) is 35.4 Å². The zero-order valence-electron chi connectivity index (χ0n) is 14.2. The van der Waals surface area contributed by atoms with Gasteiger partial charge in [0.2, 0.25) is 5.91 Å². The average molecular weight is 383 g/mol. The van der Waals surface area contributed by atoms with Gasteiger partial charge in [0, 0.05) is 43.8 Å². The van der Waals surface area contributed by atoms with Gasteiger partial charge in [-0.15, -0.1) is 23.7 Å². The molecule has 3 rings (SSSR count). The largest absolute Gasteiger partial charge is 0.497 e. The summed E-state index contributed by atoms with van der Waals surface area (Å²) in [5.74, 6) is 0.957. The molecule has 2 N–H and O–H groups in total. The van der Waals surface area contributed by atoms with Crippen LogP contribution in [0, 0.1) is 0 Å². The molecule has 1 saturated heterocycles. The van der Waals surface area contributed by atoms with Crippen molar-refractivity contribution in [3.8, 4) is 5.75 Å². The van der Waals surface area contributed by atoms with Crippen molar-refractivity contribution in [3.05, 3.63) is 40.9 Å². The van der Waals surface area contributed by atoms with E-state index in [1.54, 1.807) is 7.11 Å². The fraction of sp³-hybridized carbons (Fsp3) is 0.412. The lowest BCUT2D eigenvalue weighted by Gasteiger charge is -2.34. The van der Waals surface area contributed by atoms with Gasteiger partial charge in [-0.05, 0) is 17.7 Å². The molecular formula is C17H23ClN4O2S. The molecule has 0 aliphatic carbocycles. The first-order valence-corrected chi connectivity index (χ1v) is 8.79. The molecule has 136 valence electrons. The van der Waals surface area contributed by atoms with Crippen LogP contribution >= 0.6 is 23.7 Å². The number of carbonyl (C=O) groups excluding carboxylic acids is 1. The molecule has 8 heteroatoms. The number of carbonyl (C=O) groups is 1. The van der Waals surface area contributed by atoms with Gasteiger partial charge in [0.05, 0.1) is 13.5 Å². The summed E-state index contributed by atoms with van der Waals surface area (Å²) >= 11 is 1.53. The lowest BCUT2D eigenvalue weighted by atomic mass is 10.1. The minimum Gasteiger partial charge on any atom is -0.497 e. The van der Waals surface area contributed by atoms with Gasteiger partial charge in [-0.25, -0.2) is 4.98 Å². The Morgan fingerprint density at radius 1 is 1.32 bits per heavy atom. The molecule has 1 aromatic carbocycles. The summed E-state index contributed by atoms with van der Waals surface area (Å²) in [6, 6.07) is 7.69. The van der Waals surface area contributed by atoms with Gasteiger partial charge in [-0.1, -0.05) is 12.1 Å². The number of nitrogens with zero attached hydrogens (tertiary/aromatic N) is 3. The first-order valence-electron chi connectivity index (χ1n) is 7.97. The normalized spacial score (nSPS) is 14.8. The number of aromatic nitrogens is 1. The Morgan fingerprint density at radius 3 is 2.72 bits per heavy atom. The number of ether oxygens (including phenoxy) is 1. The molecule has 1 amide bonds. The predicted molar refractivity (Wildman–Crippen MR) is 102 cm³/mol. The summed E-state index contributed by atoms with van der Waals surface area (Å²) in [7, 11) is 1.64. The zero-order valence-corrected chi connectivity index (χ0v) is 15.8. The van der Waals surface area contributed by atoms with Crippen LogP contribution in [0.1, 0.15) is 10.4 Å². The Hall–Kier alpha value is -1.83. The quantitative estimate of drug-likeness (QED) is 0.856. The molecule has 0 spiro atoms. The number of hydrogen-bond donors (Lipinski definition) is 1. The number of benzene rings is 1. The minimum absolute atomic E-state index is 0. The second kappa shape index (κ2) is 9.03. The molecule has 6 nitrogen and oxygen atoms in total. The highest BCUT2D eigenvalue weighted by Gasteiger charge is 2.21. The minimum atomic E-state index is 0. The maximum atomic E-state index is 12.5. The van der Waals surface area contributed by atoms with E-state index in [4.69, 9.17) is 10.5 Å². The number of piperazine rings is 1. The third-order valence-corrected chi connectivity index (χ3v) is 4.98. The van der Waals surface area contributed by atoms with Crippen molar-refractivity contribution >= 4 is 34.8 Å². The Morgan fingerprint density at radius 2 is 2.08 bits per heavy atom. The summed E-state index contributed by atoms with van der Waals surface area (Å²) in [6.45, 7) is 4.13. The van der Waals surface area contributed by atoms with Crippen LogP contribution in [0.5, 0.6) is 5.75 Å². The predicted octanol–water partition coefficient (Wildman–Crippen LogP) is 2.04. The van der Waals surface area contributed by atoms with Crippen molar-refractivity contribution in [3.63, 3.8) is 0 Å². The second-order valence-electron chi connectivity index (χ2n) is 5.85. The van der Waals surface area contributed by atoms with E-state index >= 15 is 0 Å². The first kappa shape index (κ1) is 19.5. The summed E-state index contributed by atoms with van der Waals surface area (Å²) in [4.78, 5) is 22.0. The Bertz CT molecular complexity index is 701. The molecule has 1 aliphatic rings. The van der Waals surface area contributed by atoms with Gasteiger partial charge in [0.1, 0.15) is 5.75 Å². The van der Waals surface area contributed by atoms with Gasteiger partial charge < -0.3 is 15.4 Å². The number of halogens is 1. The van der Waals surface area contributed by atoms with Crippen LogP contribution in [0.25, 0.3) is 0 Å². The highest BCUT2D eigenvalue weighted by atomic mass is 35.5. The molecule has 0 radical (unpaired) electrons. The van der Waals surface area contributed by atoms with Gasteiger partial charge in [-0.2, -0.15) is 0 Å². The van der Waals surface area contributed by atoms with Crippen LogP contribution in [0.2, 0.25) is 0 Å². The van der Waals surface area contributed by atoms with Crippen LogP contribution in [-0.4, -0.2) is 54.0 Å². The van der Waals surface area contributed by atoms with E-state index in [1.165, 1.54) is 16.2 Å². The van der Waals surface area contributed by atoms with E-state index in [0.29, 0.717) is 11.6 Å². The highest BCUT2D eigenvalue weighted by Crippen LogP contribution is 2.18. The molecule has 2 heterocycles. The molecule has 0 bridgehead atoms. The number of nitrogens with two attached hydrogens (primary N) is 1. The Kier molecular flexibility index (Phi) is 7.04. The maximum absolute atomic E-state index is 12.5. The van der Waals surface area contributed by atoms with Crippen molar-refractivity contribution in [2.75, 3.05) is 39.0 Å². The van der Waals surface area contributed by atoms with Crippen molar-refractivity contribution in [1.82, 2.24) is 14.8 Å². The molecular weight excluding hydrogens is 360 g/mol. The topological polar surface area (TPSA) is 71.7 Å². The van der Waals surface area contributed by atoms with Crippen molar-refractivity contribution < 1.29 is 9.53 Å². The number of anilines is 1. The third kappa shape index (κ3) is 5.32. The monoisotopic (exact) mass is 382 g/mol. The van der Waals surface area contributed by atoms with Crippen LogP contribution < -0.4 is 10.5 Å². The molecule has 1 fully saturated rings. The molecule has 25 heavy (non-hydrogen) atoms. The SMILES string of the molecule is COc1cccc(CC(=O)N2CCN(Cc3cnc(N)s3)CC2)c1.Cl. The second-order valence-corrected chi connectivity index (χ2v) is 7.00. The number of thiazole rings is 1. The van der Waals surface area contributed by atoms with Gasteiger partial charge in [0.15, 0.2) is 5.13 Å². The Labute approximate surface area is 158 Å². The third-order valence-electron chi connectivity index (χ3n) is 4.17. The fourth-order valence-corrected chi connectivity index (χ4v) is 3.57. The van der Waals surface area contributed by atoms with E-state index in [-0.39, 0.29) is 18.3 Å². The van der Waals surface area contributed by atoms with Gasteiger partial charge >= 0.3 is 0 Å². The lowest BCUT2D eigenvalue weighted by Crippen LogP contribution is -2.48. The Balaban J connectivity index is 0.00000225. The summed E-state index contributed by atoms with van der Waals surface area (Å²) in [5.41, 5.74) is 6.65. The standard InChI is InChI=1S/C17H22N4O2S.ClH/c1-23-14-4-2-3-13(9-14)10-16(22)21-7-5-20(6-8-21)12-15-11-19-17(18)24-15;/h2-4,9,11H,5-8,10,12H2,1H3,(H2,18,19);1H. The molecule has 2 aromatic rings. The van der Waals surface area contributed by atoms with Crippen LogP contribution in [0.3, 0.4) is 0 Å². The van der Waals surface area contributed by atoms with E-state index in [9.17, 15) is 4.79 Å². The van der Waals surface area contributed by atoms with Crippen LogP contribution in [-0.2, 0) is 17.8 Å². The number of methoxy groups -OCH3 is 1. The summed E-state index contributed by atoms with van der Waals surface area (Å²) < 4.78 is 5.21. The average Bonchev–Trinajstić information content (AvgIpc) is 3.00. The maximum Gasteiger partial charge on any atom is 0.227 e. The number of rotatable bonds is 5. The van der Waals surface area contributed by atoms with Gasteiger partial charge in [-0.3, -0.25) is 9.69 Å². The summed E-state index contributed by atoms with van der Waals surface area (Å²) in [5, 5.41) is 0.608. The molecule has 0 atom stereocenters. The van der Waals surface area contributed by atoms with Crippen molar-refractivity contribution in [1.29, 1.82) is 0 Å². The van der Waals surface area contributed by atoms with Gasteiger partial charge in [0.25, 0.3) is 0 Å². The lowest BCUT2D eigenvalue weighted by molar-refractivity contribution is -0.132. The number of amides is 1. The summed E-state index contributed by atoms with van der Waals surface area (Å²) in [6.07, 6.45) is 2.25. The zero-order chi connectivity index (χ0) is 16.9. The first-order chi connectivity index (χ1) is 11.6. The smallest absolute Gasteiger partial charge is 0.227 e. The van der Waals surface area contributed by atoms with Crippen molar-refractivity contribution in [2.45, 2.75) is 13.0 Å². The molecule has 1 aromatic heterocycles. The number of nitrogen functional groups attached to an aromatic ring is 1.